The van der Waals surface area contributed by atoms with Gasteiger partial charge in [-0.05, 0) is 56.3 Å². The molecule has 140 valence electrons. The van der Waals surface area contributed by atoms with Gasteiger partial charge in [-0.2, -0.15) is 0 Å². The van der Waals surface area contributed by atoms with Crippen LogP contribution in [0.5, 0.6) is 0 Å². The molecule has 4 unspecified atom stereocenters. The fourth-order valence-electron chi connectivity index (χ4n) is 5.78. The van der Waals surface area contributed by atoms with Gasteiger partial charge in [0.25, 0.3) is 0 Å². The first-order chi connectivity index (χ1) is 11.9. The Bertz CT molecular complexity index is 569. The maximum atomic E-state index is 12.2. The number of piperidine rings is 1. The third-order valence-electron chi connectivity index (χ3n) is 7.40. The molecule has 4 nitrogen and oxygen atoms in total. The van der Waals surface area contributed by atoms with E-state index in [1.807, 2.05) is 11.9 Å². The molecular weight excluding hydrogens is 314 g/mol. The van der Waals surface area contributed by atoms with Crippen LogP contribution in [0.25, 0.3) is 0 Å². The van der Waals surface area contributed by atoms with Crippen LogP contribution in [-0.2, 0) is 14.3 Å². The van der Waals surface area contributed by atoms with Gasteiger partial charge in [-0.25, -0.2) is 0 Å². The van der Waals surface area contributed by atoms with Crippen molar-refractivity contribution in [2.45, 2.75) is 65.2 Å². The Hall–Kier alpha value is -1.32. The first-order valence-corrected chi connectivity index (χ1v) is 9.93. The molecular formula is C21H33NO3. The number of hydrogen-bond donors (Lipinski definition) is 0. The minimum Gasteiger partial charge on any atom is -0.469 e. The summed E-state index contributed by atoms with van der Waals surface area (Å²) < 4.78 is 5.02. The SMILES string of the molecule is COC(=O)C1CCCC2C(CC=C3N(C)C(=O)CC[C@@]32C)C(C)CC1. The summed E-state index contributed by atoms with van der Waals surface area (Å²) in [6, 6.07) is 0. The van der Waals surface area contributed by atoms with Crippen molar-refractivity contribution in [3.05, 3.63) is 11.8 Å². The van der Waals surface area contributed by atoms with Crippen molar-refractivity contribution in [3.63, 3.8) is 0 Å². The highest BCUT2D eigenvalue weighted by molar-refractivity contribution is 5.79. The van der Waals surface area contributed by atoms with Crippen LogP contribution >= 0.6 is 0 Å². The van der Waals surface area contributed by atoms with Crippen LogP contribution in [-0.4, -0.2) is 30.9 Å². The maximum absolute atomic E-state index is 12.2. The highest BCUT2D eigenvalue weighted by atomic mass is 16.5. The Balaban J connectivity index is 1.86. The molecule has 0 N–H and O–H groups in total. The van der Waals surface area contributed by atoms with Gasteiger partial charge in [0, 0.05) is 24.6 Å². The van der Waals surface area contributed by atoms with E-state index in [4.69, 9.17) is 4.74 Å². The van der Waals surface area contributed by atoms with Gasteiger partial charge in [-0.3, -0.25) is 9.59 Å². The lowest BCUT2D eigenvalue weighted by atomic mass is 9.57. The van der Waals surface area contributed by atoms with Gasteiger partial charge in [0.15, 0.2) is 0 Å². The van der Waals surface area contributed by atoms with Crippen LogP contribution in [0.1, 0.15) is 65.2 Å². The van der Waals surface area contributed by atoms with E-state index in [1.165, 1.54) is 12.8 Å². The van der Waals surface area contributed by atoms with Gasteiger partial charge in [-0.15, -0.1) is 0 Å². The van der Waals surface area contributed by atoms with Crippen LogP contribution in [0.3, 0.4) is 0 Å². The van der Waals surface area contributed by atoms with Crippen molar-refractivity contribution < 1.29 is 14.3 Å². The van der Waals surface area contributed by atoms with Crippen molar-refractivity contribution in [2.75, 3.05) is 14.2 Å². The van der Waals surface area contributed by atoms with Crippen LogP contribution in [0.15, 0.2) is 11.8 Å². The van der Waals surface area contributed by atoms with E-state index in [1.54, 1.807) is 0 Å². The first kappa shape index (κ1) is 18.5. The van der Waals surface area contributed by atoms with Gasteiger partial charge in [0.1, 0.15) is 0 Å². The van der Waals surface area contributed by atoms with E-state index >= 15 is 0 Å². The number of carbonyl (C=O) groups excluding carboxylic acids is 2. The third-order valence-corrected chi connectivity index (χ3v) is 7.40. The first-order valence-electron chi connectivity index (χ1n) is 9.93. The lowest BCUT2D eigenvalue weighted by Gasteiger charge is -2.53. The normalized spacial score (nSPS) is 39.3. The standard InChI is InChI=1S/C21H33NO3/c1-14-8-9-15(20(24)25-4)6-5-7-17-16(14)10-11-18-21(17,2)13-12-19(23)22(18)3/h11,14-17H,5-10,12-13H2,1-4H3/t14?,15?,16?,17?,21-/m1/s1. The predicted molar refractivity (Wildman–Crippen MR) is 97.5 cm³/mol. The number of carbonyl (C=O) groups is 2. The quantitative estimate of drug-likeness (QED) is 0.669. The van der Waals surface area contributed by atoms with Gasteiger partial charge in [-0.1, -0.05) is 26.3 Å². The molecule has 3 rings (SSSR count). The summed E-state index contributed by atoms with van der Waals surface area (Å²) in [4.78, 5) is 26.1. The minimum atomic E-state index is -0.0369. The van der Waals surface area contributed by atoms with Gasteiger partial charge < -0.3 is 9.64 Å². The molecule has 2 fully saturated rings. The molecule has 0 aromatic rings. The largest absolute Gasteiger partial charge is 0.469 e. The molecule has 1 saturated carbocycles. The molecule has 1 aliphatic heterocycles. The van der Waals surface area contributed by atoms with Gasteiger partial charge in [0.2, 0.25) is 5.91 Å². The van der Waals surface area contributed by atoms with Crippen molar-refractivity contribution in [3.8, 4) is 0 Å². The van der Waals surface area contributed by atoms with E-state index in [-0.39, 0.29) is 23.2 Å². The van der Waals surface area contributed by atoms with E-state index in [2.05, 4.69) is 19.9 Å². The van der Waals surface area contributed by atoms with Crippen molar-refractivity contribution >= 4 is 11.9 Å². The number of ether oxygens (including phenoxy) is 1. The molecule has 0 spiro atoms. The Morgan fingerprint density at radius 1 is 1.28 bits per heavy atom. The molecule has 0 aromatic heterocycles. The molecule has 3 aliphatic rings. The molecule has 2 aliphatic carbocycles. The molecule has 0 aromatic carbocycles. The zero-order valence-electron chi connectivity index (χ0n) is 16.2. The number of methoxy groups -OCH3 is 1. The van der Waals surface area contributed by atoms with E-state index in [0.29, 0.717) is 24.2 Å². The molecule has 1 heterocycles. The second-order valence-corrected chi connectivity index (χ2v) is 8.67. The summed E-state index contributed by atoms with van der Waals surface area (Å²) >= 11 is 0. The zero-order valence-corrected chi connectivity index (χ0v) is 16.2. The third kappa shape index (κ3) is 3.24. The molecule has 25 heavy (non-hydrogen) atoms. The van der Waals surface area contributed by atoms with Gasteiger partial charge in [0.05, 0.1) is 13.0 Å². The Morgan fingerprint density at radius 2 is 2.04 bits per heavy atom. The van der Waals surface area contributed by atoms with E-state index in [0.717, 1.165) is 44.9 Å². The molecule has 4 heteroatoms. The number of esters is 1. The van der Waals surface area contributed by atoms with E-state index in [9.17, 15) is 9.59 Å². The fraction of sp³-hybridized carbons (Fsp3) is 0.810. The smallest absolute Gasteiger partial charge is 0.308 e. The number of hydrogen-bond acceptors (Lipinski definition) is 3. The molecule has 1 saturated heterocycles. The Kier molecular flexibility index (Phi) is 5.26. The monoisotopic (exact) mass is 347 g/mol. The summed E-state index contributed by atoms with van der Waals surface area (Å²) in [6.07, 6.45) is 10.2. The average molecular weight is 347 g/mol. The molecule has 5 atom stereocenters. The Labute approximate surface area is 152 Å². The predicted octanol–water partition coefficient (Wildman–Crippen LogP) is 4.15. The van der Waals surface area contributed by atoms with Crippen molar-refractivity contribution in [2.24, 2.45) is 29.1 Å². The second-order valence-electron chi connectivity index (χ2n) is 8.67. The van der Waals surface area contributed by atoms with E-state index < -0.39 is 0 Å². The van der Waals surface area contributed by atoms with Crippen molar-refractivity contribution in [1.82, 2.24) is 4.90 Å². The number of likely N-dealkylation sites (tertiary alicyclic amines) is 1. The highest BCUT2D eigenvalue weighted by Gasteiger charge is 2.49. The highest BCUT2D eigenvalue weighted by Crippen LogP contribution is 2.55. The van der Waals surface area contributed by atoms with Crippen LogP contribution < -0.4 is 0 Å². The van der Waals surface area contributed by atoms with Crippen LogP contribution in [0.4, 0.5) is 0 Å². The van der Waals surface area contributed by atoms with Crippen molar-refractivity contribution in [1.29, 1.82) is 0 Å². The summed E-state index contributed by atoms with van der Waals surface area (Å²) in [7, 11) is 3.45. The topological polar surface area (TPSA) is 46.6 Å². The number of nitrogens with zero attached hydrogens (tertiary/aromatic N) is 1. The molecule has 0 radical (unpaired) electrons. The van der Waals surface area contributed by atoms with Gasteiger partial charge >= 0.3 is 5.97 Å². The lowest BCUT2D eigenvalue weighted by Crippen LogP contribution is -2.49. The number of amides is 1. The summed E-state index contributed by atoms with van der Waals surface area (Å²) in [5, 5.41) is 0. The van der Waals surface area contributed by atoms with Crippen LogP contribution in [0.2, 0.25) is 0 Å². The summed E-state index contributed by atoms with van der Waals surface area (Å²) in [6.45, 7) is 4.73. The maximum Gasteiger partial charge on any atom is 0.308 e. The molecule has 0 bridgehead atoms. The average Bonchev–Trinajstić information content (AvgIpc) is 2.68. The molecule has 1 amide bonds. The lowest BCUT2D eigenvalue weighted by molar-refractivity contribution is -0.146. The van der Waals surface area contributed by atoms with Crippen LogP contribution in [0, 0.1) is 29.1 Å². The Morgan fingerprint density at radius 3 is 2.76 bits per heavy atom. The number of rotatable bonds is 1. The summed E-state index contributed by atoms with van der Waals surface area (Å²) in [5.74, 6) is 2.14. The second kappa shape index (κ2) is 7.13. The number of allylic oxidation sites excluding steroid dienone is 2. The minimum absolute atomic E-state index is 0.0369. The number of fused-ring (bicyclic) bond motifs is 3. The fourth-order valence-corrected chi connectivity index (χ4v) is 5.78. The summed E-state index contributed by atoms with van der Waals surface area (Å²) in [5.41, 5.74) is 1.35. The zero-order chi connectivity index (χ0) is 18.2.